The van der Waals surface area contributed by atoms with E-state index in [1.165, 1.54) is 0 Å². The summed E-state index contributed by atoms with van der Waals surface area (Å²) in [5.41, 5.74) is 2.35. The Balaban J connectivity index is 1.56. The maximum atomic E-state index is 12.0. The number of nitrogens with zero attached hydrogens (tertiary/aromatic N) is 1. The number of aliphatic imine (C=N–C) groups is 1. The highest BCUT2D eigenvalue weighted by molar-refractivity contribution is 6.32. The van der Waals surface area contributed by atoms with E-state index in [9.17, 15) is 4.79 Å². The molecule has 3 aromatic rings. The van der Waals surface area contributed by atoms with Crippen LogP contribution in [0.2, 0.25) is 5.02 Å². The third kappa shape index (κ3) is 6.36. The summed E-state index contributed by atoms with van der Waals surface area (Å²) in [6.07, 6.45) is 1.72. The summed E-state index contributed by atoms with van der Waals surface area (Å²) in [4.78, 5) is 16.4. The number of ether oxygens (including phenoxy) is 2. The molecule has 0 unspecified atom stereocenters. The Hall–Kier alpha value is -3.31. The van der Waals surface area contributed by atoms with Crippen molar-refractivity contribution in [3.8, 4) is 11.5 Å². The first-order valence-corrected chi connectivity index (χ1v) is 9.56. The maximum absolute atomic E-state index is 12.0. The number of nitrogens with one attached hydrogen (secondary N) is 1. The van der Waals surface area contributed by atoms with Crippen LogP contribution in [0.5, 0.6) is 11.5 Å². The molecule has 5 nitrogen and oxygen atoms in total. The van der Waals surface area contributed by atoms with E-state index >= 15 is 0 Å². The molecule has 0 saturated heterocycles. The number of halogens is 1. The second-order valence-corrected chi connectivity index (χ2v) is 6.49. The fourth-order valence-electron chi connectivity index (χ4n) is 2.52. The number of para-hydroxylation sites is 1. The van der Waals surface area contributed by atoms with E-state index in [4.69, 9.17) is 21.1 Å². The van der Waals surface area contributed by atoms with Gasteiger partial charge in [0.15, 0.2) is 6.61 Å². The predicted molar refractivity (Wildman–Crippen MR) is 117 cm³/mol. The van der Waals surface area contributed by atoms with Crippen LogP contribution < -0.4 is 14.8 Å². The van der Waals surface area contributed by atoms with Gasteiger partial charge < -0.3 is 14.8 Å². The maximum Gasteiger partial charge on any atom is 0.262 e. The number of hydrogen-bond acceptors (Lipinski definition) is 4. The van der Waals surface area contributed by atoms with E-state index < -0.39 is 0 Å². The van der Waals surface area contributed by atoms with Crippen LogP contribution in [0.15, 0.2) is 77.8 Å². The third-order valence-electron chi connectivity index (χ3n) is 3.88. The molecule has 0 aliphatic rings. The van der Waals surface area contributed by atoms with Crippen molar-refractivity contribution in [1.82, 2.24) is 0 Å². The minimum absolute atomic E-state index is 0.131. The van der Waals surface area contributed by atoms with E-state index in [-0.39, 0.29) is 12.5 Å². The van der Waals surface area contributed by atoms with Crippen molar-refractivity contribution in [3.05, 3.63) is 83.4 Å². The molecule has 1 N–H and O–H groups in total. The molecule has 3 aromatic carbocycles. The minimum Gasteiger partial charge on any atom is -0.494 e. The summed E-state index contributed by atoms with van der Waals surface area (Å²) in [5.74, 6) is 0.994. The van der Waals surface area contributed by atoms with Crippen LogP contribution in [0.25, 0.3) is 0 Å². The average Bonchev–Trinajstić information content (AvgIpc) is 2.73. The first-order valence-electron chi connectivity index (χ1n) is 9.18. The number of rotatable bonds is 8. The van der Waals surface area contributed by atoms with Crippen molar-refractivity contribution in [2.75, 3.05) is 18.5 Å². The average molecular weight is 409 g/mol. The largest absolute Gasteiger partial charge is 0.494 e. The standard InChI is InChI=1S/C23H21ClN2O3/c1-2-28-20-11-9-18(10-12-20)25-15-17-8-13-22(21(24)14-17)29-16-23(27)26-19-6-4-3-5-7-19/h3-15H,2,16H2,1H3,(H,26,27). The van der Waals surface area contributed by atoms with Crippen LogP contribution in [-0.4, -0.2) is 25.3 Å². The summed E-state index contributed by atoms with van der Waals surface area (Å²) in [5, 5.41) is 3.17. The van der Waals surface area contributed by atoms with Crippen LogP contribution in [0, 0.1) is 0 Å². The molecule has 0 aliphatic carbocycles. The lowest BCUT2D eigenvalue weighted by Crippen LogP contribution is -2.20. The Morgan fingerprint density at radius 3 is 2.48 bits per heavy atom. The molecule has 0 spiro atoms. The van der Waals surface area contributed by atoms with Crippen molar-refractivity contribution in [2.45, 2.75) is 6.92 Å². The van der Waals surface area contributed by atoms with Crippen LogP contribution in [-0.2, 0) is 4.79 Å². The fraction of sp³-hybridized carbons (Fsp3) is 0.130. The van der Waals surface area contributed by atoms with Crippen LogP contribution in [0.1, 0.15) is 12.5 Å². The molecule has 29 heavy (non-hydrogen) atoms. The van der Waals surface area contributed by atoms with Gasteiger partial charge in [-0.25, -0.2) is 0 Å². The zero-order valence-corrected chi connectivity index (χ0v) is 16.7. The van der Waals surface area contributed by atoms with E-state index in [1.54, 1.807) is 18.3 Å². The molecule has 0 aliphatic heterocycles. The van der Waals surface area contributed by atoms with E-state index in [2.05, 4.69) is 10.3 Å². The van der Waals surface area contributed by atoms with E-state index in [1.807, 2.05) is 67.6 Å². The lowest BCUT2D eigenvalue weighted by Gasteiger charge is -2.09. The topological polar surface area (TPSA) is 59.9 Å². The van der Waals surface area contributed by atoms with Gasteiger partial charge in [-0.1, -0.05) is 29.8 Å². The second-order valence-electron chi connectivity index (χ2n) is 6.08. The number of hydrogen-bond donors (Lipinski definition) is 1. The minimum atomic E-state index is -0.256. The highest BCUT2D eigenvalue weighted by Crippen LogP contribution is 2.25. The third-order valence-corrected chi connectivity index (χ3v) is 4.18. The molecule has 0 aromatic heterocycles. The lowest BCUT2D eigenvalue weighted by molar-refractivity contribution is -0.118. The molecule has 1 amide bonds. The molecule has 0 fully saturated rings. The summed E-state index contributed by atoms with van der Waals surface area (Å²) in [7, 11) is 0. The van der Waals surface area contributed by atoms with Crippen LogP contribution in [0.4, 0.5) is 11.4 Å². The number of amides is 1. The van der Waals surface area contributed by atoms with Gasteiger partial charge >= 0.3 is 0 Å². The predicted octanol–water partition coefficient (Wildman–Crippen LogP) is 5.51. The van der Waals surface area contributed by atoms with Gasteiger partial charge in [0.2, 0.25) is 0 Å². The van der Waals surface area contributed by atoms with E-state index in [0.717, 1.165) is 17.0 Å². The van der Waals surface area contributed by atoms with Gasteiger partial charge in [-0.3, -0.25) is 9.79 Å². The first-order chi connectivity index (χ1) is 14.1. The Labute approximate surface area is 175 Å². The Kier molecular flexibility index (Phi) is 7.25. The number of anilines is 1. The first kappa shape index (κ1) is 20.4. The fourth-order valence-corrected chi connectivity index (χ4v) is 2.76. The van der Waals surface area contributed by atoms with Gasteiger partial charge in [0.05, 0.1) is 17.3 Å². The molecule has 0 saturated carbocycles. The molecular formula is C23H21ClN2O3. The molecule has 6 heteroatoms. The molecule has 0 heterocycles. The van der Waals surface area contributed by atoms with E-state index in [0.29, 0.717) is 23.1 Å². The number of carbonyl (C=O) groups excluding carboxylic acids is 1. The summed E-state index contributed by atoms with van der Waals surface area (Å²) in [6, 6.07) is 22.0. The van der Waals surface area contributed by atoms with Crippen molar-refractivity contribution >= 4 is 35.1 Å². The normalized spacial score (nSPS) is 10.7. The smallest absolute Gasteiger partial charge is 0.262 e. The molecule has 0 atom stereocenters. The van der Waals surface area contributed by atoms with Gasteiger partial charge in [0.1, 0.15) is 11.5 Å². The zero-order valence-electron chi connectivity index (χ0n) is 16.0. The molecule has 0 bridgehead atoms. The highest BCUT2D eigenvalue weighted by atomic mass is 35.5. The van der Waals surface area contributed by atoms with Crippen molar-refractivity contribution < 1.29 is 14.3 Å². The van der Waals surface area contributed by atoms with Gasteiger partial charge in [-0.15, -0.1) is 0 Å². The molecule has 0 radical (unpaired) electrons. The van der Waals surface area contributed by atoms with Gasteiger partial charge in [-0.2, -0.15) is 0 Å². The highest BCUT2D eigenvalue weighted by Gasteiger charge is 2.07. The number of benzene rings is 3. The van der Waals surface area contributed by atoms with Gasteiger partial charge in [0.25, 0.3) is 5.91 Å². The number of carbonyl (C=O) groups is 1. The summed E-state index contributed by atoms with van der Waals surface area (Å²) >= 11 is 6.28. The molecular weight excluding hydrogens is 388 g/mol. The van der Waals surface area contributed by atoms with Gasteiger partial charge in [0, 0.05) is 11.9 Å². The monoisotopic (exact) mass is 408 g/mol. The summed E-state index contributed by atoms with van der Waals surface area (Å²) < 4.78 is 10.9. The lowest BCUT2D eigenvalue weighted by atomic mass is 10.2. The summed E-state index contributed by atoms with van der Waals surface area (Å²) in [6.45, 7) is 2.44. The zero-order chi connectivity index (χ0) is 20.5. The molecule has 3 rings (SSSR count). The SMILES string of the molecule is CCOc1ccc(N=Cc2ccc(OCC(=O)Nc3ccccc3)c(Cl)c2)cc1. The Bertz CT molecular complexity index is 973. The molecule has 148 valence electrons. The van der Waals surface area contributed by atoms with Gasteiger partial charge in [-0.05, 0) is 67.1 Å². The van der Waals surface area contributed by atoms with Crippen LogP contribution >= 0.6 is 11.6 Å². The van der Waals surface area contributed by atoms with Crippen molar-refractivity contribution in [3.63, 3.8) is 0 Å². The van der Waals surface area contributed by atoms with Crippen molar-refractivity contribution in [1.29, 1.82) is 0 Å². The quantitative estimate of drug-likeness (QED) is 0.500. The Morgan fingerprint density at radius 1 is 1.03 bits per heavy atom. The second kappa shape index (κ2) is 10.3. The Morgan fingerprint density at radius 2 is 1.79 bits per heavy atom. The van der Waals surface area contributed by atoms with Crippen molar-refractivity contribution in [2.24, 2.45) is 4.99 Å². The van der Waals surface area contributed by atoms with Crippen LogP contribution in [0.3, 0.4) is 0 Å².